The number of hydrogen-bond acceptors (Lipinski definition) is 2. The summed E-state index contributed by atoms with van der Waals surface area (Å²) in [4.78, 5) is 0. The van der Waals surface area contributed by atoms with Gasteiger partial charge in [0.1, 0.15) is 5.75 Å². The highest BCUT2D eigenvalue weighted by atomic mass is 35.5. The first-order valence-corrected chi connectivity index (χ1v) is 7.84. The Morgan fingerprint density at radius 1 is 1.19 bits per heavy atom. The van der Waals surface area contributed by atoms with Crippen molar-refractivity contribution in [1.29, 1.82) is 0 Å². The van der Waals surface area contributed by atoms with Gasteiger partial charge in [-0.25, -0.2) is 0 Å². The minimum Gasteiger partial charge on any atom is -0.508 e. The van der Waals surface area contributed by atoms with E-state index in [1.165, 1.54) is 16.7 Å². The van der Waals surface area contributed by atoms with Gasteiger partial charge >= 0.3 is 0 Å². The SMILES string of the molecule is CC(NC1CCCc2cc(O)ccc21)c1ccc(Cl)cc1. The number of benzene rings is 2. The maximum absolute atomic E-state index is 9.63. The summed E-state index contributed by atoms with van der Waals surface area (Å²) in [5.74, 6) is 0.361. The molecule has 0 aliphatic heterocycles. The van der Waals surface area contributed by atoms with E-state index in [1.807, 2.05) is 18.2 Å². The van der Waals surface area contributed by atoms with Crippen LogP contribution in [0, 0.1) is 0 Å². The number of hydrogen-bond donors (Lipinski definition) is 2. The minimum atomic E-state index is 0.270. The molecule has 2 aromatic rings. The van der Waals surface area contributed by atoms with Crippen LogP contribution in [0.25, 0.3) is 0 Å². The molecule has 0 saturated carbocycles. The van der Waals surface area contributed by atoms with E-state index in [9.17, 15) is 5.11 Å². The van der Waals surface area contributed by atoms with Crippen LogP contribution in [0.5, 0.6) is 5.75 Å². The number of aryl methyl sites for hydroxylation is 1. The van der Waals surface area contributed by atoms with E-state index >= 15 is 0 Å². The molecule has 0 fully saturated rings. The van der Waals surface area contributed by atoms with Crippen molar-refractivity contribution in [3.05, 3.63) is 64.2 Å². The molecule has 0 amide bonds. The molecule has 2 atom stereocenters. The second-order valence-corrected chi connectivity index (χ2v) is 6.20. The molecule has 0 radical (unpaired) electrons. The van der Waals surface area contributed by atoms with Gasteiger partial charge in [-0.1, -0.05) is 29.8 Å². The third-order valence-electron chi connectivity index (χ3n) is 4.26. The lowest BCUT2D eigenvalue weighted by atomic mass is 9.87. The standard InChI is InChI=1S/C18H20ClNO/c1-12(13-5-7-15(19)8-6-13)20-18-4-2-3-14-11-16(21)9-10-17(14)18/h5-12,18,20-21H,2-4H2,1H3. The fourth-order valence-corrected chi connectivity index (χ4v) is 3.25. The summed E-state index contributed by atoms with van der Waals surface area (Å²) in [6, 6.07) is 14.4. The van der Waals surface area contributed by atoms with E-state index in [1.54, 1.807) is 6.07 Å². The maximum atomic E-state index is 9.63. The van der Waals surface area contributed by atoms with Crippen molar-refractivity contribution in [3.8, 4) is 5.75 Å². The van der Waals surface area contributed by atoms with Crippen LogP contribution in [-0.4, -0.2) is 5.11 Å². The molecule has 0 heterocycles. The Morgan fingerprint density at radius 3 is 2.71 bits per heavy atom. The molecule has 21 heavy (non-hydrogen) atoms. The highest BCUT2D eigenvalue weighted by Gasteiger charge is 2.22. The van der Waals surface area contributed by atoms with Crippen LogP contribution >= 0.6 is 11.6 Å². The van der Waals surface area contributed by atoms with Crippen molar-refractivity contribution in [1.82, 2.24) is 5.32 Å². The highest BCUT2D eigenvalue weighted by Crippen LogP contribution is 2.33. The molecule has 0 aromatic heterocycles. The largest absolute Gasteiger partial charge is 0.508 e. The van der Waals surface area contributed by atoms with Crippen molar-refractivity contribution in [2.24, 2.45) is 0 Å². The Bertz CT molecular complexity index is 624. The fraction of sp³-hybridized carbons (Fsp3) is 0.333. The first-order chi connectivity index (χ1) is 10.1. The predicted octanol–water partition coefficient (Wildman–Crippen LogP) is 4.77. The normalized spacial score (nSPS) is 19.0. The Kier molecular flexibility index (Phi) is 4.18. The van der Waals surface area contributed by atoms with E-state index in [2.05, 4.69) is 30.4 Å². The molecule has 110 valence electrons. The monoisotopic (exact) mass is 301 g/mol. The minimum absolute atomic E-state index is 0.270. The van der Waals surface area contributed by atoms with Crippen molar-refractivity contribution in [2.75, 3.05) is 0 Å². The molecule has 3 heteroatoms. The lowest BCUT2D eigenvalue weighted by molar-refractivity contribution is 0.413. The molecular formula is C18H20ClNO. The van der Waals surface area contributed by atoms with Gasteiger partial charge in [0, 0.05) is 17.1 Å². The Hall–Kier alpha value is -1.51. The fourth-order valence-electron chi connectivity index (χ4n) is 3.12. The number of fused-ring (bicyclic) bond motifs is 1. The zero-order valence-corrected chi connectivity index (χ0v) is 12.9. The smallest absolute Gasteiger partial charge is 0.115 e. The van der Waals surface area contributed by atoms with Crippen molar-refractivity contribution in [3.63, 3.8) is 0 Å². The van der Waals surface area contributed by atoms with E-state index in [4.69, 9.17) is 11.6 Å². The third-order valence-corrected chi connectivity index (χ3v) is 4.51. The summed E-state index contributed by atoms with van der Waals surface area (Å²) in [5.41, 5.74) is 3.83. The van der Waals surface area contributed by atoms with Gasteiger partial charge in [0.25, 0.3) is 0 Å². The van der Waals surface area contributed by atoms with Crippen LogP contribution in [0.4, 0.5) is 0 Å². The summed E-state index contributed by atoms with van der Waals surface area (Å²) in [5, 5.41) is 14.1. The Morgan fingerprint density at radius 2 is 1.95 bits per heavy atom. The highest BCUT2D eigenvalue weighted by molar-refractivity contribution is 6.30. The summed E-state index contributed by atoms with van der Waals surface area (Å²) < 4.78 is 0. The van der Waals surface area contributed by atoms with Gasteiger partial charge in [-0.2, -0.15) is 0 Å². The van der Waals surface area contributed by atoms with Crippen LogP contribution in [0.2, 0.25) is 5.02 Å². The molecule has 3 rings (SSSR count). The van der Waals surface area contributed by atoms with Crippen molar-refractivity contribution >= 4 is 11.6 Å². The summed E-state index contributed by atoms with van der Waals surface area (Å²) >= 11 is 5.95. The van der Waals surface area contributed by atoms with Crippen molar-refractivity contribution in [2.45, 2.75) is 38.3 Å². The number of rotatable bonds is 3. The number of phenols is 1. The molecule has 2 N–H and O–H groups in total. The molecule has 0 saturated heterocycles. The molecule has 1 aliphatic carbocycles. The van der Waals surface area contributed by atoms with Gasteiger partial charge in [0.05, 0.1) is 0 Å². The zero-order chi connectivity index (χ0) is 14.8. The molecule has 0 spiro atoms. The average molecular weight is 302 g/mol. The number of phenolic OH excluding ortho intramolecular Hbond substituents is 1. The summed E-state index contributed by atoms with van der Waals surface area (Å²) in [6.45, 7) is 2.18. The molecule has 2 unspecified atom stereocenters. The van der Waals surface area contributed by atoms with Gasteiger partial charge in [0.15, 0.2) is 0 Å². The van der Waals surface area contributed by atoms with Gasteiger partial charge in [-0.15, -0.1) is 0 Å². The predicted molar refractivity (Wildman–Crippen MR) is 86.8 cm³/mol. The summed E-state index contributed by atoms with van der Waals surface area (Å²) in [6.07, 6.45) is 3.34. The van der Waals surface area contributed by atoms with Gasteiger partial charge in [-0.3, -0.25) is 0 Å². The Labute approximate surface area is 130 Å². The third kappa shape index (κ3) is 3.22. The number of nitrogens with one attached hydrogen (secondary N) is 1. The van der Waals surface area contributed by atoms with Gasteiger partial charge in [-0.05, 0) is 67.1 Å². The lowest BCUT2D eigenvalue weighted by Crippen LogP contribution is -2.27. The number of aromatic hydroxyl groups is 1. The maximum Gasteiger partial charge on any atom is 0.115 e. The van der Waals surface area contributed by atoms with Crippen LogP contribution in [0.1, 0.15) is 48.5 Å². The zero-order valence-electron chi connectivity index (χ0n) is 12.1. The van der Waals surface area contributed by atoms with Crippen molar-refractivity contribution < 1.29 is 5.11 Å². The van der Waals surface area contributed by atoms with E-state index in [0.29, 0.717) is 11.8 Å². The quantitative estimate of drug-likeness (QED) is 0.855. The Balaban J connectivity index is 1.78. The molecule has 2 aromatic carbocycles. The van der Waals surface area contributed by atoms with Crippen LogP contribution < -0.4 is 5.32 Å². The average Bonchev–Trinajstić information content (AvgIpc) is 2.47. The van der Waals surface area contributed by atoms with Gasteiger partial charge < -0.3 is 10.4 Å². The molecule has 2 nitrogen and oxygen atoms in total. The summed E-state index contributed by atoms with van der Waals surface area (Å²) in [7, 11) is 0. The number of halogens is 1. The first-order valence-electron chi connectivity index (χ1n) is 7.47. The molecular weight excluding hydrogens is 282 g/mol. The topological polar surface area (TPSA) is 32.3 Å². The molecule has 1 aliphatic rings. The molecule has 0 bridgehead atoms. The second-order valence-electron chi connectivity index (χ2n) is 5.77. The van der Waals surface area contributed by atoms with E-state index in [-0.39, 0.29) is 6.04 Å². The van der Waals surface area contributed by atoms with Crippen LogP contribution in [0.15, 0.2) is 42.5 Å². The van der Waals surface area contributed by atoms with E-state index < -0.39 is 0 Å². The van der Waals surface area contributed by atoms with Gasteiger partial charge in [0.2, 0.25) is 0 Å². The van der Waals surface area contributed by atoms with Crippen LogP contribution in [-0.2, 0) is 6.42 Å². The van der Waals surface area contributed by atoms with Crippen LogP contribution in [0.3, 0.4) is 0 Å². The van der Waals surface area contributed by atoms with E-state index in [0.717, 1.165) is 24.3 Å². The lowest BCUT2D eigenvalue weighted by Gasteiger charge is -2.29. The second kappa shape index (κ2) is 6.08. The first kappa shape index (κ1) is 14.4.